The van der Waals surface area contributed by atoms with Gasteiger partial charge in [-0.15, -0.1) is 5.73 Å². The molecular formula is C28H31F6N3O4. The maximum absolute atomic E-state index is 13.4. The van der Waals surface area contributed by atoms with Gasteiger partial charge in [-0.25, -0.2) is 4.79 Å². The average Bonchev–Trinajstić information content (AvgIpc) is 2.82. The molecule has 0 radical (unpaired) electrons. The number of pyridine rings is 1. The van der Waals surface area contributed by atoms with E-state index in [1.807, 2.05) is 5.73 Å². The lowest BCUT2D eigenvalue weighted by molar-refractivity contribution is -0.137. The number of hydrogen-bond donors (Lipinski definition) is 2. The van der Waals surface area contributed by atoms with Gasteiger partial charge in [-0.1, -0.05) is 6.58 Å². The summed E-state index contributed by atoms with van der Waals surface area (Å²) in [6.07, 6.45) is -7.58. The van der Waals surface area contributed by atoms with Gasteiger partial charge >= 0.3 is 18.4 Å². The van der Waals surface area contributed by atoms with Crippen molar-refractivity contribution in [3.8, 4) is 22.6 Å². The van der Waals surface area contributed by atoms with Crippen molar-refractivity contribution >= 4 is 11.8 Å². The third kappa shape index (κ3) is 9.49. The number of carbonyl (C=O) groups is 1. The van der Waals surface area contributed by atoms with Gasteiger partial charge in [0.15, 0.2) is 0 Å². The minimum absolute atomic E-state index is 0.0399. The second-order valence-electron chi connectivity index (χ2n) is 9.94. The quantitative estimate of drug-likeness (QED) is 0.143. The third-order valence-electron chi connectivity index (χ3n) is 5.28. The molecule has 0 fully saturated rings. The van der Waals surface area contributed by atoms with Gasteiger partial charge in [0, 0.05) is 49.9 Å². The second-order valence-corrected chi connectivity index (χ2v) is 9.94. The summed E-state index contributed by atoms with van der Waals surface area (Å²) in [4.78, 5) is 16.7. The Bertz CT molecular complexity index is 1320. The number of halogens is 6. The summed E-state index contributed by atoms with van der Waals surface area (Å²) >= 11 is 0. The Balaban J connectivity index is 2.53. The average molecular weight is 588 g/mol. The van der Waals surface area contributed by atoms with E-state index in [4.69, 9.17) is 9.47 Å². The molecule has 7 nitrogen and oxygen atoms in total. The molecule has 0 aliphatic rings. The number of rotatable bonds is 9. The Morgan fingerprint density at radius 1 is 1.15 bits per heavy atom. The first-order valence-corrected chi connectivity index (χ1v) is 12.2. The maximum atomic E-state index is 13.4. The number of carbonyl (C=O) groups excluding carboxylic acids is 1. The Hall–Kier alpha value is -4.12. The molecule has 2 N–H and O–H groups in total. The van der Waals surface area contributed by atoms with Crippen molar-refractivity contribution in [1.29, 1.82) is 0 Å². The first-order valence-electron chi connectivity index (χ1n) is 12.2. The number of amides is 1. The number of benzene rings is 1. The van der Waals surface area contributed by atoms with Gasteiger partial charge in [-0.05, 0) is 51.5 Å². The molecule has 0 bridgehead atoms. The van der Waals surface area contributed by atoms with Crippen LogP contribution in [0.1, 0.15) is 38.3 Å². The number of allylic oxidation sites excluding steroid dienone is 2. The van der Waals surface area contributed by atoms with Gasteiger partial charge in [0.05, 0.1) is 23.3 Å². The van der Waals surface area contributed by atoms with E-state index in [9.17, 15) is 36.2 Å². The van der Waals surface area contributed by atoms with Gasteiger partial charge < -0.3 is 24.8 Å². The third-order valence-corrected chi connectivity index (χ3v) is 5.28. The van der Waals surface area contributed by atoms with Crippen molar-refractivity contribution in [2.45, 2.75) is 45.1 Å². The zero-order valence-electron chi connectivity index (χ0n) is 23.1. The number of alkyl carbamates (subject to hydrolysis) is 1. The van der Waals surface area contributed by atoms with Gasteiger partial charge in [0.1, 0.15) is 17.1 Å². The van der Waals surface area contributed by atoms with E-state index in [1.54, 1.807) is 20.8 Å². The summed E-state index contributed by atoms with van der Waals surface area (Å²) in [6.45, 7) is 8.27. The van der Waals surface area contributed by atoms with E-state index in [0.29, 0.717) is 12.3 Å². The van der Waals surface area contributed by atoms with Crippen molar-refractivity contribution in [1.82, 2.24) is 15.2 Å². The topological polar surface area (TPSA) is 83.9 Å². The number of aromatic nitrogens is 1. The summed E-state index contributed by atoms with van der Waals surface area (Å²) in [6, 6.07) is 3.33. The van der Waals surface area contributed by atoms with Crippen molar-refractivity contribution in [3.05, 3.63) is 65.7 Å². The van der Waals surface area contributed by atoms with Crippen LogP contribution in [0.5, 0.6) is 11.5 Å². The van der Waals surface area contributed by atoms with Crippen LogP contribution in [-0.4, -0.2) is 60.1 Å². The molecule has 1 aromatic heterocycles. The highest BCUT2D eigenvalue weighted by molar-refractivity contribution is 5.84. The van der Waals surface area contributed by atoms with Gasteiger partial charge in [-0.3, -0.25) is 4.98 Å². The molecule has 0 aliphatic carbocycles. The summed E-state index contributed by atoms with van der Waals surface area (Å²) in [7, 11) is 2.85. The first-order chi connectivity index (χ1) is 18.8. The number of ether oxygens (including phenoxy) is 2. The smallest absolute Gasteiger partial charge is 0.423 e. The fourth-order valence-electron chi connectivity index (χ4n) is 3.49. The summed E-state index contributed by atoms with van der Waals surface area (Å²) in [5, 5.41) is 13.8. The van der Waals surface area contributed by atoms with Crippen LogP contribution in [-0.2, 0) is 10.9 Å². The van der Waals surface area contributed by atoms with Crippen molar-refractivity contribution in [3.63, 3.8) is 0 Å². The van der Waals surface area contributed by atoms with Crippen LogP contribution in [0, 0.1) is 0 Å². The number of phenols is 1. The number of phenolic OH excluding ortho intramolecular Hbond substituents is 1. The highest BCUT2D eigenvalue weighted by Gasteiger charge is 2.34. The highest BCUT2D eigenvalue weighted by Crippen LogP contribution is 2.44. The molecule has 0 saturated heterocycles. The van der Waals surface area contributed by atoms with Crippen LogP contribution in [0.25, 0.3) is 16.8 Å². The van der Waals surface area contributed by atoms with Crippen LogP contribution in [0.15, 0.2) is 54.6 Å². The van der Waals surface area contributed by atoms with Crippen LogP contribution in [0.4, 0.5) is 31.1 Å². The largest absolute Gasteiger partial charge is 0.506 e. The fourth-order valence-corrected chi connectivity index (χ4v) is 3.49. The zero-order valence-corrected chi connectivity index (χ0v) is 23.1. The molecule has 13 heteroatoms. The molecule has 2 aromatic rings. The molecule has 1 aromatic carbocycles. The Morgan fingerprint density at radius 3 is 2.34 bits per heavy atom. The molecule has 1 amide bonds. The second kappa shape index (κ2) is 13.0. The van der Waals surface area contributed by atoms with Crippen LogP contribution in [0.2, 0.25) is 0 Å². The summed E-state index contributed by atoms with van der Waals surface area (Å²) < 4.78 is 91.4. The first kappa shape index (κ1) is 33.1. The zero-order chi connectivity index (χ0) is 31.2. The minimum atomic E-state index is -4.80. The van der Waals surface area contributed by atoms with Crippen LogP contribution < -0.4 is 10.1 Å². The van der Waals surface area contributed by atoms with Gasteiger partial charge in [0.25, 0.3) is 0 Å². The summed E-state index contributed by atoms with van der Waals surface area (Å²) in [5.74, 6) is -0.695. The highest BCUT2D eigenvalue weighted by atomic mass is 19.4. The number of hydrogen-bond acceptors (Lipinski definition) is 6. The molecule has 0 aliphatic heterocycles. The molecule has 0 atom stereocenters. The van der Waals surface area contributed by atoms with E-state index in [1.165, 1.54) is 31.1 Å². The number of nitrogens with one attached hydrogen (secondary N) is 1. The van der Waals surface area contributed by atoms with E-state index in [0.717, 1.165) is 12.3 Å². The number of alkyl halides is 6. The molecule has 2 rings (SSSR count). The molecule has 0 unspecified atom stereocenters. The van der Waals surface area contributed by atoms with E-state index in [2.05, 4.69) is 16.9 Å². The molecule has 41 heavy (non-hydrogen) atoms. The lowest BCUT2D eigenvalue weighted by Gasteiger charge is -2.23. The molecule has 0 spiro atoms. The standard InChI is InChI=1S/C28H31F6N3O4/c1-7-18(27(29,30)31)14-21(37(5)6)20-9-10-22(40-12-8-11-36-25(39)41-26(2,3)4)23(24(20)38)17-13-19(16-35-15-17)28(32,33)34/h9-10,13-16,38H,1,8,11-12H2,2-6H3,(H,36,39)/b21-14-. The van der Waals surface area contributed by atoms with Crippen molar-refractivity contribution < 1.29 is 45.7 Å². The predicted molar refractivity (Wildman–Crippen MR) is 141 cm³/mol. The normalized spacial score (nSPS) is 12.4. The predicted octanol–water partition coefficient (Wildman–Crippen LogP) is 6.94. The lowest BCUT2D eigenvalue weighted by atomic mass is 9.97. The molecule has 224 valence electrons. The lowest BCUT2D eigenvalue weighted by Crippen LogP contribution is -2.33. The van der Waals surface area contributed by atoms with Crippen LogP contribution >= 0.6 is 0 Å². The van der Waals surface area contributed by atoms with Gasteiger partial charge in [-0.2, -0.15) is 26.3 Å². The Kier molecular flexibility index (Phi) is 10.5. The van der Waals surface area contributed by atoms with Crippen molar-refractivity contribution in [2.24, 2.45) is 0 Å². The van der Waals surface area contributed by atoms with Gasteiger partial charge in [0.2, 0.25) is 0 Å². The minimum Gasteiger partial charge on any atom is -0.506 e. The maximum Gasteiger partial charge on any atom is 0.423 e. The monoisotopic (exact) mass is 587 g/mol. The summed E-state index contributed by atoms with van der Waals surface area (Å²) in [5.41, 5.74) is -1.86. The van der Waals surface area contributed by atoms with E-state index < -0.39 is 40.9 Å². The molecular weight excluding hydrogens is 556 g/mol. The number of aromatic hydroxyl groups is 1. The van der Waals surface area contributed by atoms with Crippen molar-refractivity contribution in [2.75, 3.05) is 27.2 Å². The Labute approximate surface area is 233 Å². The SMILES string of the molecule is C=C=C(/C=C(/c1ccc(OCCCNC(=O)OC(C)(C)C)c(-c2cncc(C(F)(F)F)c2)c1O)N(C)C)C(F)(F)F. The van der Waals surface area contributed by atoms with E-state index >= 15 is 0 Å². The number of nitrogens with zero attached hydrogens (tertiary/aromatic N) is 2. The van der Waals surface area contributed by atoms with E-state index in [-0.39, 0.29) is 47.7 Å². The molecule has 0 saturated carbocycles. The van der Waals surface area contributed by atoms with Crippen LogP contribution in [0.3, 0.4) is 0 Å². The fraction of sp³-hybridized carbons (Fsp3) is 0.393. The Morgan fingerprint density at radius 2 is 1.80 bits per heavy atom. The molecule has 1 heterocycles.